The van der Waals surface area contributed by atoms with Crippen LogP contribution in [0.25, 0.3) is 0 Å². The lowest BCUT2D eigenvalue weighted by atomic mass is 10.1. The van der Waals surface area contributed by atoms with Gasteiger partial charge in [-0.05, 0) is 59.8 Å². The second kappa shape index (κ2) is 7.75. The molecule has 0 radical (unpaired) electrons. The fraction of sp³-hybridized carbons (Fsp3) is 0.533. The molecule has 1 atom stereocenters. The number of benzene rings is 1. The fourth-order valence-electron chi connectivity index (χ4n) is 2.61. The summed E-state index contributed by atoms with van der Waals surface area (Å²) < 4.78 is 18.9. The quantitative estimate of drug-likeness (QED) is 0.849. The lowest BCUT2D eigenvalue weighted by Gasteiger charge is -2.24. The first-order valence-corrected chi connectivity index (χ1v) is 7.89. The highest BCUT2D eigenvalue weighted by Gasteiger charge is 2.28. The zero-order chi connectivity index (χ0) is 15.2. The van der Waals surface area contributed by atoms with Crippen LogP contribution in [0.15, 0.2) is 22.7 Å². The van der Waals surface area contributed by atoms with Crippen LogP contribution < -0.4 is 4.74 Å². The number of halogens is 2. The molecule has 1 unspecified atom stereocenters. The van der Waals surface area contributed by atoms with Gasteiger partial charge in [0.15, 0.2) is 6.61 Å². The number of carbonyl (C=O) groups excluding carboxylic acids is 1. The van der Waals surface area contributed by atoms with Crippen LogP contribution in [0.1, 0.15) is 25.7 Å². The molecule has 116 valence electrons. The molecule has 21 heavy (non-hydrogen) atoms. The van der Waals surface area contributed by atoms with E-state index in [1.165, 1.54) is 18.2 Å². The molecule has 1 amide bonds. The van der Waals surface area contributed by atoms with Crippen molar-refractivity contribution >= 4 is 21.8 Å². The number of hydrogen-bond donors (Lipinski definition) is 1. The van der Waals surface area contributed by atoms with Gasteiger partial charge in [0.2, 0.25) is 0 Å². The van der Waals surface area contributed by atoms with Gasteiger partial charge in [-0.15, -0.1) is 0 Å². The normalized spacial score (nSPS) is 18.0. The molecule has 0 spiro atoms. The van der Waals surface area contributed by atoms with Crippen molar-refractivity contribution in [2.24, 2.45) is 0 Å². The van der Waals surface area contributed by atoms with Crippen molar-refractivity contribution in [2.75, 3.05) is 19.8 Å². The Kier molecular flexibility index (Phi) is 5.99. The van der Waals surface area contributed by atoms with Crippen LogP contribution >= 0.6 is 15.9 Å². The Morgan fingerprint density at radius 2 is 2.33 bits per heavy atom. The summed E-state index contributed by atoms with van der Waals surface area (Å²) in [5.41, 5.74) is 0. The van der Waals surface area contributed by atoms with Gasteiger partial charge < -0.3 is 14.7 Å². The molecular weight excluding hydrogens is 341 g/mol. The summed E-state index contributed by atoms with van der Waals surface area (Å²) in [6, 6.07) is 4.30. The van der Waals surface area contributed by atoms with E-state index in [-0.39, 0.29) is 31.0 Å². The van der Waals surface area contributed by atoms with Crippen LogP contribution in [0.5, 0.6) is 5.75 Å². The molecule has 1 aliphatic rings. The maximum atomic E-state index is 13.0. The number of likely N-dealkylation sites (tertiary alicyclic amines) is 1. The van der Waals surface area contributed by atoms with Gasteiger partial charge in [0.1, 0.15) is 11.6 Å². The molecule has 1 aromatic rings. The van der Waals surface area contributed by atoms with Gasteiger partial charge >= 0.3 is 0 Å². The lowest BCUT2D eigenvalue weighted by Crippen LogP contribution is -2.38. The third-order valence-electron chi connectivity index (χ3n) is 3.64. The van der Waals surface area contributed by atoms with E-state index < -0.39 is 0 Å². The first-order valence-electron chi connectivity index (χ1n) is 7.10. The van der Waals surface area contributed by atoms with Crippen molar-refractivity contribution in [3.05, 3.63) is 28.5 Å². The van der Waals surface area contributed by atoms with Gasteiger partial charge in [-0.3, -0.25) is 4.79 Å². The summed E-state index contributed by atoms with van der Waals surface area (Å²) in [5, 5.41) is 8.89. The van der Waals surface area contributed by atoms with Crippen LogP contribution in [0.2, 0.25) is 0 Å². The molecule has 0 aliphatic carbocycles. The molecule has 1 aliphatic heterocycles. The topological polar surface area (TPSA) is 49.8 Å². The molecule has 0 bridgehead atoms. The number of ether oxygens (including phenoxy) is 1. The highest BCUT2D eigenvalue weighted by atomic mass is 79.9. The molecule has 1 N–H and O–H groups in total. The van der Waals surface area contributed by atoms with E-state index in [4.69, 9.17) is 9.84 Å². The minimum Gasteiger partial charge on any atom is -0.483 e. The van der Waals surface area contributed by atoms with Crippen molar-refractivity contribution < 1.29 is 19.0 Å². The minimum absolute atomic E-state index is 0.0557. The molecule has 0 saturated carbocycles. The highest BCUT2D eigenvalue weighted by Crippen LogP contribution is 2.26. The van der Waals surface area contributed by atoms with Crippen LogP contribution in [0.4, 0.5) is 4.39 Å². The Bertz CT molecular complexity index is 498. The van der Waals surface area contributed by atoms with E-state index in [0.29, 0.717) is 16.6 Å². The van der Waals surface area contributed by atoms with Crippen molar-refractivity contribution in [1.82, 2.24) is 4.90 Å². The fourth-order valence-corrected chi connectivity index (χ4v) is 3.07. The molecule has 1 fully saturated rings. The number of carbonyl (C=O) groups is 1. The predicted molar refractivity (Wildman–Crippen MR) is 80.6 cm³/mol. The zero-order valence-corrected chi connectivity index (χ0v) is 13.3. The Labute approximate surface area is 132 Å². The molecule has 0 aromatic heterocycles. The second-order valence-corrected chi connectivity index (χ2v) is 5.97. The molecule has 2 rings (SSSR count). The van der Waals surface area contributed by atoms with Crippen molar-refractivity contribution in [2.45, 2.75) is 31.7 Å². The van der Waals surface area contributed by atoms with E-state index in [0.717, 1.165) is 25.8 Å². The molecule has 1 heterocycles. The van der Waals surface area contributed by atoms with Gasteiger partial charge in [0.05, 0.1) is 4.47 Å². The van der Waals surface area contributed by atoms with E-state index >= 15 is 0 Å². The molecular formula is C15H19BrFNO3. The largest absolute Gasteiger partial charge is 0.483 e. The summed E-state index contributed by atoms with van der Waals surface area (Å²) in [7, 11) is 0. The maximum Gasteiger partial charge on any atom is 0.260 e. The average molecular weight is 360 g/mol. The maximum absolute atomic E-state index is 13.0. The number of rotatable bonds is 6. The number of amides is 1. The summed E-state index contributed by atoms with van der Waals surface area (Å²) in [6.45, 7) is 0.834. The van der Waals surface area contributed by atoms with Crippen LogP contribution in [-0.2, 0) is 4.79 Å². The Hall–Kier alpha value is -1.14. The number of aliphatic hydroxyl groups is 1. The number of nitrogens with zero attached hydrogens (tertiary/aromatic N) is 1. The molecule has 4 nitrogen and oxygen atoms in total. The SMILES string of the molecule is O=C(COc1ccc(F)cc1Br)N1CCCC1CCCO. The standard InChI is InChI=1S/C15H19BrFNO3/c16-13-9-11(17)5-6-14(13)21-10-15(20)18-7-1-3-12(18)4-2-8-19/h5-6,9,12,19H,1-4,7-8,10H2. The summed E-state index contributed by atoms with van der Waals surface area (Å²) in [4.78, 5) is 14.0. The summed E-state index contributed by atoms with van der Waals surface area (Å²) in [5.74, 6) is 0.0340. The van der Waals surface area contributed by atoms with Crippen molar-refractivity contribution in [3.8, 4) is 5.75 Å². The molecule has 6 heteroatoms. The second-order valence-electron chi connectivity index (χ2n) is 5.11. The zero-order valence-electron chi connectivity index (χ0n) is 11.7. The highest BCUT2D eigenvalue weighted by molar-refractivity contribution is 9.10. The number of hydrogen-bond acceptors (Lipinski definition) is 3. The Balaban J connectivity index is 1.88. The third kappa shape index (κ3) is 4.41. The van der Waals surface area contributed by atoms with Gasteiger partial charge in [0.25, 0.3) is 5.91 Å². The summed E-state index contributed by atoms with van der Waals surface area (Å²) in [6.07, 6.45) is 3.50. The predicted octanol–water partition coefficient (Wildman–Crippen LogP) is 2.73. The molecule has 1 saturated heterocycles. The third-order valence-corrected chi connectivity index (χ3v) is 4.26. The average Bonchev–Trinajstić information content (AvgIpc) is 2.92. The first kappa shape index (κ1) is 16.2. The van der Waals surface area contributed by atoms with Gasteiger partial charge in [-0.2, -0.15) is 0 Å². The van der Waals surface area contributed by atoms with E-state index in [9.17, 15) is 9.18 Å². The van der Waals surface area contributed by atoms with Gasteiger partial charge in [-0.25, -0.2) is 4.39 Å². The van der Waals surface area contributed by atoms with Crippen molar-refractivity contribution in [3.63, 3.8) is 0 Å². The van der Waals surface area contributed by atoms with Crippen LogP contribution in [0.3, 0.4) is 0 Å². The van der Waals surface area contributed by atoms with E-state index in [1.807, 2.05) is 4.90 Å². The van der Waals surface area contributed by atoms with Crippen LogP contribution in [-0.4, -0.2) is 41.7 Å². The van der Waals surface area contributed by atoms with Gasteiger partial charge in [-0.1, -0.05) is 0 Å². The summed E-state index contributed by atoms with van der Waals surface area (Å²) >= 11 is 3.21. The van der Waals surface area contributed by atoms with E-state index in [1.54, 1.807) is 0 Å². The monoisotopic (exact) mass is 359 g/mol. The number of aliphatic hydroxyl groups excluding tert-OH is 1. The lowest BCUT2D eigenvalue weighted by molar-refractivity contribution is -0.134. The Morgan fingerprint density at radius 3 is 3.05 bits per heavy atom. The smallest absolute Gasteiger partial charge is 0.260 e. The van der Waals surface area contributed by atoms with E-state index in [2.05, 4.69) is 15.9 Å². The van der Waals surface area contributed by atoms with Crippen molar-refractivity contribution in [1.29, 1.82) is 0 Å². The van der Waals surface area contributed by atoms with Gasteiger partial charge in [0, 0.05) is 19.2 Å². The minimum atomic E-state index is -0.357. The first-order chi connectivity index (χ1) is 10.1. The van der Waals surface area contributed by atoms with Crippen LogP contribution in [0, 0.1) is 5.82 Å². The Morgan fingerprint density at radius 1 is 1.52 bits per heavy atom. The molecule has 1 aromatic carbocycles.